The van der Waals surface area contributed by atoms with Gasteiger partial charge in [0.05, 0.1) is 12.1 Å². The van der Waals surface area contributed by atoms with Crippen molar-refractivity contribution in [1.82, 2.24) is 14.5 Å². The molecule has 2 aliphatic heterocycles. The molecule has 1 aromatic carbocycles. The van der Waals surface area contributed by atoms with E-state index in [0.717, 1.165) is 54.4 Å². The van der Waals surface area contributed by atoms with Crippen LogP contribution in [0.15, 0.2) is 42.7 Å². The number of aromatic nitrogens is 2. The van der Waals surface area contributed by atoms with E-state index >= 15 is 0 Å². The molecule has 1 N–H and O–H groups in total. The van der Waals surface area contributed by atoms with Crippen molar-refractivity contribution in [3.8, 4) is 0 Å². The average molecular weight is 394 g/mol. The summed E-state index contributed by atoms with van der Waals surface area (Å²) in [5.74, 6) is 0. The number of hydrogen-bond acceptors (Lipinski definition) is 3. The van der Waals surface area contributed by atoms with Gasteiger partial charge in [-0.2, -0.15) is 0 Å². The molecule has 0 aliphatic carbocycles. The van der Waals surface area contributed by atoms with Crippen LogP contribution in [-0.4, -0.2) is 39.3 Å². The SMILES string of the molecule is Cc1ccc2c(c1)c1c(n2CC(C)(O)c2ccncc2)CCN2CCCC12CF. The van der Waals surface area contributed by atoms with Crippen LogP contribution in [0.2, 0.25) is 0 Å². The summed E-state index contributed by atoms with van der Waals surface area (Å²) < 4.78 is 16.9. The molecule has 4 nitrogen and oxygen atoms in total. The molecule has 2 aliphatic rings. The van der Waals surface area contributed by atoms with Crippen molar-refractivity contribution < 1.29 is 9.50 Å². The number of benzene rings is 1. The fraction of sp³-hybridized carbons (Fsp3) is 0.458. The van der Waals surface area contributed by atoms with Crippen molar-refractivity contribution in [2.45, 2.75) is 50.8 Å². The van der Waals surface area contributed by atoms with Gasteiger partial charge in [-0.1, -0.05) is 11.6 Å². The number of aliphatic hydroxyl groups is 1. The highest BCUT2D eigenvalue weighted by molar-refractivity contribution is 5.88. The Bertz CT molecular complexity index is 1060. The number of alkyl halides is 1. The van der Waals surface area contributed by atoms with Gasteiger partial charge >= 0.3 is 0 Å². The normalized spacial score (nSPS) is 23.7. The summed E-state index contributed by atoms with van der Waals surface area (Å²) in [5.41, 5.74) is 3.92. The summed E-state index contributed by atoms with van der Waals surface area (Å²) in [4.78, 5) is 6.43. The van der Waals surface area contributed by atoms with Crippen LogP contribution < -0.4 is 0 Å². The highest BCUT2D eigenvalue weighted by atomic mass is 19.1. The summed E-state index contributed by atoms with van der Waals surface area (Å²) in [6, 6.07) is 10.2. The van der Waals surface area contributed by atoms with E-state index in [2.05, 4.69) is 39.6 Å². The van der Waals surface area contributed by atoms with E-state index in [4.69, 9.17) is 0 Å². The molecule has 0 spiro atoms. The lowest BCUT2D eigenvalue weighted by atomic mass is 9.82. The minimum absolute atomic E-state index is 0.353. The molecule has 1 fully saturated rings. The number of rotatable bonds is 4. The first-order valence-corrected chi connectivity index (χ1v) is 10.5. The number of hydrogen-bond donors (Lipinski definition) is 1. The predicted octanol–water partition coefficient (Wildman–Crippen LogP) is 4.07. The highest BCUT2D eigenvalue weighted by Crippen LogP contribution is 2.48. The maximum absolute atomic E-state index is 14.6. The van der Waals surface area contributed by atoms with Crippen LogP contribution in [0.1, 0.15) is 42.1 Å². The molecule has 29 heavy (non-hydrogen) atoms. The standard InChI is InChI=1S/C24H28FN3O/c1-17-4-5-20-19(14-17)22-21(8-13-27-12-3-9-24(22,27)15-25)28(20)16-23(2,29)18-6-10-26-11-7-18/h4-7,10-11,14,29H,3,8-9,12-13,15-16H2,1-2H3. The molecule has 2 aromatic heterocycles. The van der Waals surface area contributed by atoms with Crippen molar-refractivity contribution in [2.24, 2.45) is 0 Å². The molecule has 2 atom stereocenters. The summed E-state index contributed by atoms with van der Waals surface area (Å²) >= 11 is 0. The minimum atomic E-state index is -1.04. The van der Waals surface area contributed by atoms with Gasteiger partial charge in [0, 0.05) is 47.5 Å². The number of fused-ring (bicyclic) bond motifs is 5. The fourth-order valence-corrected chi connectivity index (χ4v) is 5.59. The first-order chi connectivity index (χ1) is 14.0. The second-order valence-electron chi connectivity index (χ2n) is 8.94. The topological polar surface area (TPSA) is 41.3 Å². The van der Waals surface area contributed by atoms with Crippen LogP contribution in [0.4, 0.5) is 4.39 Å². The average Bonchev–Trinajstić information content (AvgIpc) is 3.28. The summed E-state index contributed by atoms with van der Waals surface area (Å²) in [6.45, 7) is 5.88. The smallest absolute Gasteiger partial charge is 0.112 e. The molecule has 3 aromatic rings. The van der Waals surface area contributed by atoms with Gasteiger partial charge < -0.3 is 9.67 Å². The third-order valence-corrected chi connectivity index (χ3v) is 7.02. The van der Waals surface area contributed by atoms with Crippen molar-refractivity contribution >= 4 is 10.9 Å². The van der Waals surface area contributed by atoms with Crippen molar-refractivity contribution in [2.75, 3.05) is 19.8 Å². The van der Waals surface area contributed by atoms with Gasteiger partial charge in [0.2, 0.25) is 0 Å². The van der Waals surface area contributed by atoms with Crippen LogP contribution in [0.5, 0.6) is 0 Å². The summed E-state index contributed by atoms with van der Waals surface area (Å²) in [7, 11) is 0. The molecular weight excluding hydrogens is 365 g/mol. The van der Waals surface area contributed by atoms with Crippen LogP contribution in [0.25, 0.3) is 10.9 Å². The Balaban J connectivity index is 1.72. The lowest BCUT2D eigenvalue weighted by Crippen LogP contribution is -2.48. The van der Waals surface area contributed by atoms with Gasteiger partial charge in [-0.25, -0.2) is 4.39 Å². The Hall–Kier alpha value is -2.24. The number of aryl methyl sites for hydroxylation is 1. The molecule has 0 saturated carbocycles. The maximum Gasteiger partial charge on any atom is 0.112 e. The number of pyridine rings is 1. The van der Waals surface area contributed by atoms with Gasteiger partial charge in [-0.15, -0.1) is 0 Å². The van der Waals surface area contributed by atoms with E-state index in [1.807, 2.05) is 19.1 Å². The van der Waals surface area contributed by atoms with Gasteiger partial charge in [-0.3, -0.25) is 9.88 Å². The van der Waals surface area contributed by atoms with E-state index < -0.39 is 11.1 Å². The third kappa shape index (κ3) is 2.75. The van der Waals surface area contributed by atoms with E-state index in [0.29, 0.717) is 6.54 Å². The van der Waals surface area contributed by atoms with E-state index in [-0.39, 0.29) is 6.67 Å². The zero-order valence-corrected chi connectivity index (χ0v) is 17.2. The minimum Gasteiger partial charge on any atom is -0.384 e. The van der Waals surface area contributed by atoms with Crippen LogP contribution in [-0.2, 0) is 24.1 Å². The summed E-state index contributed by atoms with van der Waals surface area (Å²) in [5, 5.41) is 12.5. The first kappa shape index (κ1) is 18.8. The predicted molar refractivity (Wildman–Crippen MR) is 113 cm³/mol. The monoisotopic (exact) mass is 393 g/mol. The molecule has 4 heterocycles. The summed E-state index contributed by atoms with van der Waals surface area (Å²) in [6.07, 6.45) is 6.22. The Morgan fingerprint density at radius 1 is 1.21 bits per heavy atom. The van der Waals surface area contributed by atoms with Crippen molar-refractivity contribution in [1.29, 1.82) is 0 Å². The molecule has 0 bridgehead atoms. The molecule has 5 rings (SSSR count). The Morgan fingerprint density at radius 3 is 2.76 bits per heavy atom. The zero-order chi connectivity index (χ0) is 20.2. The highest BCUT2D eigenvalue weighted by Gasteiger charge is 2.48. The van der Waals surface area contributed by atoms with Crippen LogP contribution in [0.3, 0.4) is 0 Å². The Kier molecular flexibility index (Phi) is 4.30. The van der Waals surface area contributed by atoms with Crippen molar-refractivity contribution in [3.63, 3.8) is 0 Å². The first-order valence-electron chi connectivity index (χ1n) is 10.5. The zero-order valence-electron chi connectivity index (χ0n) is 17.2. The number of nitrogens with zero attached hydrogens (tertiary/aromatic N) is 3. The second kappa shape index (κ2) is 6.64. The number of halogens is 1. The molecule has 1 saturated heterocycles. The molecule has 2 unspecified atom stereocenters. The van der Waals surface area contributed by atoms with Gasteiger partial charge in [-0.05, 0) is 63.1 Å². The lowest BCUT2D eigenvalue weighted by molar-refractivity contribution is 0.0369. The van der Waals surface area contributed by atoms with Crippen LogP contribution in [0, 0.1) is 6.92 Å². The largest absolute Gasteiger partial charge is 0.384 e. The molecule has 5 heteroatoms. The Labute approximate surface area is 171 Å². The van der Waals surface area contributed by atoms with Gasteiger partial charge in [0.25, 0.3) is 0 Å². The maximum atomic E-state index is 14.6. The van der Waals surface area contributed by atoms with Gasteiger partial charge in [0.1, 0.15) is 12.3 Å². The molecule has 0 amide bonds. The van der Waals surface area contributed by atoms with Crippen LogP contribution >= 0.6 is 0 Å². The Morgan fingerprint density at radius 2 is 2.00 bits per heavy atom. The fourth-order valence-electron chi connectivity index (χ4n) is 5.59. The lowest BCUT2D eigenvalue weighted by Gasteiger charge is -2.41. The van der Waals surface area contributed by atoms with E-state index in [1.54, 1.807) is 12.4 Å². The van der Waals surface area contributed by atoms with Gasteiger partial charge in [0.15, 0.2) is 0 Å². The third-order valence-electron chi connectivity index (χ3n) is 7.02. The van der Waals surface area contributed by atoms with E-state index in [1.165, 1.54) is 11.3 Å². The quantitative estimate of drug-likeness (QED) is 0.727. The van der Waals surface area contributed by atoms with Crippen molar-refractivity contribution in [3.05, 3.63) is 65.1 Å². The molecular formula is C24H28FN3O. The molecule has 0 radical (unpaired) electrons. The van der Waals surface area contributed by atoms with E-state index in [9.17, 15) is 9.50 Å². The second-order valence-corrected chi connectivity index (χ2v) is 8.94. The molecule has 152 valence electrons.